The zero-order valence-corrected chi connectivity index (χ0v) is 13.4. The molecule has 21 heavy (non-hydrogen) atoms. The third-order valence-corrected chi connectivity index (χ3v) is 3.41. The van der Waals surface area contributed by atoms with Crippen molar-refractivity contribution in [1.29, 1.82) is 0 Å². The highest BCUT2D eigenvalue weighted by Gasteiger charge is 2.06. The van der Waals surface area contributed by atoms with Crippen LogP contribution in [0.3, 0.4) is 0 Å². The van der Waals surface area contributed by atoms with Gasteiger partial charge in [0.25, 0.3) is 5.91 Å². The van der Waals surface area contributed by atoms with E-state index in [2.05, 4.69) is 17.3 Å². The van der Waals surface area contributed by atoms with Crippen LogP contribution in [0.1, 0.15) is 58.8 Å². The number of aromatic nitrogens is 2. The molecule has 5 heteroatoms. The highest BCUT2D eigenvalue weighted by molar-refractivity contribution is 5.90. The van der Waals surface area contributed by atoms with Gasteiger partial charge in [-0.3, -0.25) is 4.79 Å². The molecule has 0 saturated heterocycles. The van der Waals surface area contributed by atoms with E-state index < -0.39 is 0 Å². The summed E-state index contributed by atoms with van der Waals surface area (Å²) in [6, 6.07) is 1.79. The summed E-state index contributed by atoms with van der Waals surface area (Å²) in [5.41, 5.74) is 0. The number of ether oxygens (including phenoxy) is 1. The maximum Gasteiger partial charge on any atom is 0.251 e. The van der Waals surface area contributed by atoms with Crippen LogP contribution in [-0.4, -0.2) is 28.9 Å². The largest absolute Gasteiger partial charge is 0.372 e. The van der Waals surface area contributed by atoms with E-state index in [1.807, 2.05) is 6.92 Å². The third kappa shape index (κ3) is 7.85. The molecule has 1 amide bonds. The summed E-state index contributed by atoms with van der Waals surface area (Å²) in [6.45, 7) is 5.73. The third-order valence-electron chi connectivity index (χ3n) is 3.41. The zero-order valence-electron chi connectivity index (χ0n) is 13.4. The maximum atomic E-state index is 11.7. The summed E-state index contributed by atoms with van der Waals surface area (Å²) in [5.74, 6) is 0.607. The second kappa shape index (κ2) is 11.3. The van der Waals surface area contributed by atoms with Crippen LogP contribution in [-0.2, 0) is 16.1 Å². The molecule has 1 rings (SSSR count). The van der Waals surface area contributed by atoms with E-state index in [0.717, 1.165) is 18.8 Å². The molecule has 0 radical (unpaired) electrons. The molecule has 0 saturated carbocycles. The Bertz CT molecular complexity index is 391. The zero-order chi connectivity index (χ0) is 15.3. The quantitative estimate of drug-likeness (QED) is 0.599. The fourth-order valence-corrected chi connectivity index (χ4v) is 2.20. The normalized spacial score (nSPS) is 10.8. The first-order valence-electron chi connectivity index (χ1n) is 8.17. The number of nitrogens with one attached hydrogen (secondary N) is 1. The molecule has 0 aliphatic heterocycles. The maximum absolute atomic E-state index is 11.7. The van der Waals surface area contributed by atoms with Gasteiger partial charge in [-0.15, -0.1) is 0 Å². The van der Waals surface area contributed by atoms with Gasteiger partial charge in [-0.1, -0.05) is 45.4 Å². The van der Waals surface area contributed by atoms with E-state index in [0.29, 0.717) is 6.61 Å². The lowest BCUT2D eigenvalue weighted by Crippen LogP contribution is -2.20. The van der Waals surface area contributed by atoms with Gasteiger partial charge in [-0.25, -0.2) is 4.68 Å². The number of nitrogens with zero attached hydrogens (tertiary/aromatic N) is 2. The number of hydrogen-bond donors (Lipinski definition) is 1. The highest BCUT2D eigenvalue weighted by atomic mass is 16.5. The second-order valence-corrected chi connectivity index (χ2v) is 5.25. The van der Waals surface area contributed by atoms with E-state index in [1.54, 1.807) is 16.9 Å². The fourth-order valence-electron chi connectivity index (χ4n) is 2.20. The molecule has 0 fully saturated rings. The molecule has 1 heterocycles. The average molecular weight is 295 g/mol. The predicted octanol–water partition coefficient (Wildman–Crippen LogP) is 3.61. The standard InChI is InChI=1S/C16H29N3O2/c1-3-5-6-7-8-9-10-13-21-14-16(20)18-15-11-12-17-19(15)4-2/h11-12H,3-10,13-14H2,1-2H3,(H,18,20). The highest BCUT2D eigenvalue weighted by Crippen LogP contribution is 2.07. The Morgan fingerprint density at radius 1 is 1.19 bits per heavy atom. The van der Waals surface area contributed by atoms with Gasteiger partial charge in [0.2, 0.25) is 0 Å². The van der Waals surface area contributed by atoms with Crippen molar-refractivity contribution in [2.24, 2.45) is 0 Å². The van der Waals surface area contributed by atoms with E-state index in [9.17, 15) is 4.79 Å². The van der Waals surface area contributed by atoms with Crippen molar-refractivity contribution in [2.45, 2.75) is 65.3 Å². The van der Waals surface area contributed by atoms with Gasteiger partial charge in [-0.05, 0) is 13.3 Å². The lowest BCUT2D eigenvalue weighted by atomic mass is 10.1. The summed E-state index contributed by atoms with van der Waals surface area (Å²) >= 11 is 0. The molecule has 5 nitrogen and oxygen atoms in total. The number of hydrogen-bond acceptors (Lipinski definition) is 3. The van der Waals surface area contributed by atoms with Crippen LogP contribution >= 0.6 is 0 Å². The molecular formula is C16H29N3O2. The van der Waals surface area contributed by atoms with E-state index in [1.165, 1.54) is 38.5 Å². The summed E-state index contributed by atoms with van der Waals surface area (Å²) in [5, 5.41) is 6.90. The Hall–Kier alpha value is -1.36. The van der Waals surface area contributed by atoms with Gasteiger partial charge >= 0.3 is 0 Å². The average Bonchev–Trinajstić information content (AvgIpc) is 2.92. The van der Waals surface area contributed by atoms with Crippen LogP contribution in [0.25, 0.3) is 0 Å². The van der Waals surface area contributed by atoms with Crippen molar-refractivity contribution in [3.8, 4) is 0 Å². The lowest BCUT2D eigenvalue weighted by molar-refractivity contribution is -0.120. The van der Waals surface area contributed by atoms with Crippen LogP contribution in [0.2, 0.25) is 0 Å². The molecule has 0 unspecified atom stereocenters. The van der Waals surface area contributed by atoms with Gasteiger partial charge in [0.1, 0.15) is 12.4 Å². The SMILES string of the molecule is CCCCCCCCCOCC(=O)Nc1ccnn1CC. The van der Waals surface area contributed by atoms with Gasteiger partial charge in [0, 0.05) is 19.2 Å². The van der Waals surface area contributed by atoms with Crippen molar-refractivity contribution in [1.82, 2.24) is 9.78 Å². The van der Waals surface area contributed by atoms with Crippen molar-refractivity contribution in [3.05, 3.63) is 12.3 Å². The number of amides is 1. The van der Waals surface area contributed by atoms with Gasteiger partial charge in [0.15, 0.2) is 0 Å². The summed E-state index contributed by atoms with van der Waals surface area (Å²) in [7, 11) is 0. The van der Waals surface area contributed by atoms with Gasteiger partial charge < -0.3 is 10.1 Å². The molecule has 0 bridgehead atoms. The van der Waals surface area contributed by atoms with Gasteiger partial charge in [-0.2, -0.15) is 5.10 Å². The van der Waals surface area contributed by atoms with E-state index >= 15 is 0 Å². The number of aryl methyl sites for hydroxylation is 1. The molecule has 0 aromatic carbocycles. The Labute approximate surface area is 128 Å². The number of carbonyl (C=O) groups is 1. The minimum absolute atomic E-state index is 0.116. The van der Waals surface area contributed by atoms with Crippen molar-refractivity contribution in [3.63, 3.8) is 0 Å². The Balaban J connectivity index is 1.99. The molecule has 0 spiro atoms. The Morgan fingerprint density at radius 3 is 2.62 bits per heavy atom. The van der Waals surface area contributed by atoms with Crippen LogP contribution in [0, 0.1) is 0 Å². The molecule has 0 atom stereocenters. The van der Waals surface area contributed by atoms with Crippen molar-refractivity contribution < 1.29 is 9.53 Å². The van der Waals surface area contributed by atoms with E-state index in [-0.39, 0.29) is 12.5 Å². The molecule has 120 valence electrons. The smallest absolute Gasteiger partial charge is 0.251 e. The van der Waals surface area contributed by atoms with Crippen LogP contribution in [0.15, 0.2) is 12.3 Å². The summed E-state index contributed by atoms with van der Waals surface area (Å²) < 4.78 is 7.15. The minimum atomic E-state index is -0.117. The molecule has 1 aromatic rings. The number of anilines is 1. The first-order valence-corrected chi connectivity index (χ1v) is 8.17. The molecule has 1 aromatic heterocycles. The number of carbonyl (C=O) groups excluding carboxylic acids is 1. The lowest BCUT2D eigenvalue weighted by Gasteiger charge is -2.07. The fraction of sp³-hybridized carbons (Fsp3) is 0.750. The summed E-state index contributed by atoms with van der Waals surface area (Å²) in [6.07, 6.45) is 10.4. The first kappa shape index (κ1) is 17.7. The molecule has 1 N–H and O–H groups in total. The second-order valence-electron chi connectivity index (χ2n) is 5.25. The predicted molar refractivity (Wildman–Crippen MR) is 85.3 cm³/mol. The van der Waals surface area contributed by atoms with E-state index in [4.69, 9.17) is 4.74 Å². The van der Waals surface area contributed by atoms with Crippen molar-refractivity contribution in [2.75, 3.05) is 18.5 Å². The molecular weight excluding hydrogens is 266 g/mol. The van der Waals surface area contributed by atoms with Gasteiger partial charge in [0.05, 0.1) is 6.20 Å². The summed E-state index contributed by atoms with van der Waals surface area (Å²) in [4.78, 5) is 11.7. The van der Waals surface area contributed by atoms with Crippen molar-refractivity contribution >= 4 is 11.7 Å². The Kier molecular flexibility index (Phi) is 9.53. The topological polar surface area (TPSA) is 56.1 Å². The first-order chi connectivity index (χ1) is 10.3. The van der Waals surface area contributed by atoms with Crippen LogP contribution < -0.4 is 5.32 Å². The molecule has 0 aliphatic carbocycles. The minimum Gasteiger partial charge on any atom is -0.372 e. The monoisotopic (exact) mass is 295 g/mol. The molecule has 0 aliphatic rings. The Morgan fingerprint density at radius 2 is 1.90 bits per heavy atom. The van der Waals surface area contributed by atoms with Crippen LogP contribution in [0.4, 0.5) is 5.82 Å². The number of rotatable bonds is 12. The van der Waals surface area contributed by atoms with Crippen LogP contribution in [0.5, 0.6) is 0 Å². The number of unbranched alkanes of at least 4 members (excludes halogenated alkanes) is 6.